The molecule has 1 N–H and O–H groups in total. The van der Waals surface area contributed by atoms with Gasteiger partial charge in [-0.25, -0.2) is 9.50 Å². The Labute approximate surface area is 207 Å². The Morgan fingerprint density at radius 2 is 1.91 bits per heavy atom. The quantitative estimate of drug-likeness (QED) is 0.496. The number of rotatable bonds is 8. The molecule has 1 aromatic carbocycles. The number of morpholine rings is 1. The van der Waals surface area contributed by atoms with E-state index in [1.165, 1.54) is 29.7 Å². The van der Waals surface area contributed by atoms with Crippen molar-refractivity contribution in [2.75, 3.05) is 52.5 Å². The number of halogens is 1. The van der Waals surface area contributed by atoms with Crippen molar-refractivity contribution in [2.45, 2.75) is 38.8 Å². The fourth-order valence-electron chi connectivity index (χ4n) is 5.19. The number of aryl methyl sites for hydroxylation is 1. The van der Waals surface area contributed by atoms with E-state index in [1.807, 2.05) is 18.3 Å². The number of hydrogen-bond acceptors (Lipinski definition) is 6. The molecule has 1 unspecified atom stereocenters. The van der Waals surface area contributed by atoms with Crippen LogP contribution in [0.1, 0.15) is 41.3 Å². The van der Waals surface area contributed by atoms with E-state index < -0.39 is 0 Å². The summed E-state index contributed by atoms with van der Waals surface area (Å²) in [6.45, 7) is 11.8. The molecule has 0 amide bonds. The minimum Gasteiger partial charge on any atom is -0.379 e. The van der Waals surface area contributed by atoms with E-state index in [4.69, 9.17) is 26.4 Å². The molecule has 0 bridgehead atoms. The maximum atomic E-state index is 6.06. The number of nitrogens with zero attached hydrogens (tertiary/aromatic N) is 5. The van der Waals surface area contributed by atoms with E-state index in [0.29, 0.717) is 5.92 Å². The van der Waals surface area contributed by atoms with Crippen LogP contribution in [0.5, 0.6) is 0 Å². The van der Waals surface area contributed by atoms with Crippen LogP contribution in [0, 0.1) is 6.92 Å². The van der Waals surface area contributed by atoms with Crippen LogP contribution in [0.3, 0.4) is 0 Å². The first-order valence-corrected chi connectivity index (χ1v) is 12.9. The number of aromatic nitrogens is 3. The zero-order valence-electron chi connectivity index (χ0n) is 20.0. The van der Waals surface area contributed by atoms with Crippen molar-refractivity contribution in [3.8, 4) is 0 Å². The van der Waals surface area contributed by atoms with Gasteiger partial charge in [0.15, 0.2) is 5.65 Å². The van der Waals surface area contributed by atoms with E-state index in [1.54, 1.807) is 0 Å². The van der Waals surface area contributed by atoms with Gasteiger partial charge >= 0.3 is 0 Å². The Bertz CT molecular complexity index is 1080. The lowest BCUT2D eigenvalue weighted by Crippen LogP contribution is -2.40. The maximum Gasteiger partial charge on any atom is 0.159 e. The molecule has 5 rings (SSSR count). The standard InChI is InChI=1S/C26H35ClN6O/c1-20-24(17-28-10-12-31-13-15-34-16-14-31)26-29-9-8-25(33(26)30-20)22-3-2-11-32(19-22)18-21-4-6-23(27)7-5-21/h4-9,22,28H,2-3,10-19H2,1H3. The molecule has 2 aliphatic rings. The van der Waals surface area contributed by atoms with Gasteiger partial charge in [-0.15, -0.1) is 0 Å². The van der Waals surface area contributed by atoms with E-state index in [-0.39, 0.29) is 0 Å². The van der Waals surface area contributed by atoms with E-state index in [2.05, 4.69) is 44.8 Å². The summed E-state index contributed by atoms with van der Waals surface area (Å²) in [5.74, 6) is 0.452. The smallest absolute Gasteiger partial charge is 0.159 e. The van der Waals surface area contributed by atoms with Gasteiger partial charge in [-0.2, -0.15) is 5.10 Å². The van der Waals surface area contributed by atoms with E-state index >= 15 is 0 Å². The fraction of sp³-hybridized carbons (Fsp3) is 0.538. The van der Waals surface area contributed by atoms with Crippen molar-refractivity contribution in [2.24, 2.45) is 0 Å². The number of piperidine rings is 1. The molecule has 2 fully saturated rings. The van der Waals surface area contributed by atoms with Crippen molar-refractivity contribution in [3.05, 3.63) is 64.1 Å². The monoisotopic (exact) mass is 482 g/mol. The Morgan fingerprint density at radius 1 is 1.09 bits per heavy atom. The molecule has 7 nitrogen and oxygen atoms in total. The van der Waals surface area contributed by atoms with Gasteiger partial charge in [0.05, 0.1) is 24.6 Å². The molecule has 0 aliphatic carbocycles. The molecular formula is C26H35ClN6O. The Kier molecular flexibility index (Phi) is 7.77. The van der Waals surface area contributed by atoms with Crippen molar-refractivity contribution >= 4 is 17.2 Å². The molecule has 0 saturated carbocycles. The van der Waals surface area contributed by atoms with Gasteiger partial charge in [0.2, 0.25) is 0 Å². The third-order valence-electron chi connectivity index (χ3n) is 7.10. The molecule has 182 valence electrons. The molecule has 34 heavy (non-hydrogen) atoms. The second kappa shape index (κ2) is 11.1. The molecule has 4 heterocycles. The summed E-state index contributed by atoms with van der Waals surface area (Å²) in [5, 5.41) is 9.33. The maximum absolute atomic E-state index is 6.06. The highest BCUT2D eigenvalue weighted by Crippen LogP contribution is 2.29. The fourth-order valence-corrected chi connectivity index (χ4v) is 5.32. The second-order valence-electron chi connectivity index (χ2n) is 9.50. The number of likely N-dealkylation sites (tertiary alicyclic amines) is 1. The van der Waals surface area contributed by atoms with Crippen LogP contribution in [0.2, 0.25) is 5.02 Å². The van der Waals surface area contributed by atoms with Gasteiger partial charge in [-0.05, 0) is 50.1 Å². The number of hydrogen-bond donors (Lipinski definition) is 1. The lowest BCUT2D eigenvalue weighted by Gasteiger charge is -2.33. The van der Waals surface area contributed by atoms with E-state index in [9.17, 15) is 0 Å². The van der Waals surface area contributed by atoms with Gasteiger partial charge in [-0.3, -0.25) is 9.80 Å². The van der Waals surface area contributed by atoms with Crippen molar-refractivity contribution in [3.63, 3.8) is 0 Å². The first-order chi connectivity index (χ1) is 16.7. The van der Waals surface area contributed by atoms with Crippen LogP contribution in [-0.2, 0) is 17.8 Å². The zero-order chi connectivity index (χ0) is 23.3. The van der Waals surface area contributed by atoms with Gasteiger partial charge in [-0.1, -0.05) is 23.7 Å². The highest BCUT2D eigenvalue weighted by molar-refractivity contribution is 6.30. The normalized spacial score (nSPS) is 20.2. The molecular weight excluding hydrogens is 448 g/mol. The van der Waals surface area contributed by atoms with Crippen LogP contribution in [0.25, 0.3) is 5.65 Å². The average Bonchev–Trinajstić information content (AvgIpc) is 3.19. The number of nitrogens with one attached hydrogen (secondary N) is 1. The largest absolute Gasteiger partial charge is 0.379 e. The van der Waals surface area contributed by atoms with Crippen LogP contribution < -0.4 is 5.32 Å². The summed E-state index contributed by atoms with van der Waals surface area (Å²) in [4.78, 5) is 9.73. The van der Waals surface area contributed by atoms with Crippen molar-refractivity contribution < 1.29 is 4.74 Å². The minimum atomic E-state index is 0.452. The molecule has 0 radical (unpaired) electrons. The summed E-state index contributed by atoms with van der Waals surface area (Å²) >= 11 is 6.06. The SMILES string of the molecule is Cc1nn2c(C3CCCN(Cc4ccc(Cl)cc4)C3)ccnc2c1CNCCN1CCOCC1. The summed E-state index contributed by atoms with van der Waals surface area (Å²) in [7, 11) is 0. The zero-order valence-corrected chi connectivity index (χ0v) is 20.8. The predicted molar refractivity (Wildman–Crippen MR) is 135 cm³/mol. The number of ether oxygens (including phenoxy) is 1. The third-order valence-corrected chi connectivity index (χ3v) is 7.35. The highest BCUT2D eigenvalue weighted by atomic mass is 35.5. The van der Waals surface area contributed by atoms with Gasteiger partial charge in [0, 0.05) is 68.5 Å². The molecule has 2 aromatic heterocycles. The van der Waals surface area contributed by atoms with Gasteiger partial charge in [0.1, 0.15) is 0 Å². The topological polar surface area (TPSA) is 57.9 Å². The third kappa shape index (κ3) is 5.61. The number of benzene rings is 1. The summed E-state index contributed by atoms with van der Waals surface area (Å²) in [6, 6.07) is 10.4. The van der Waals surface area contributed by atoms with Crippen LogP contribution in [-0.4, -0.2) is 76.9 Å². The molecule has 0 spiro atoms. The Hall–Kier alpha value is -2.03. The number of fused-ring (bicyclic) bond motifs is 1. The lowest BCUT2D eigenvalue weighted by atomic mass is 9.94. The van der Waals surface area contributed by atoms with E-state index in [0.717, 1.165) is 81.9 Å². The van der Waals surface area contributed by atoms with Crippen LogP contribution in [0.4, 0.5) is 0 Å². The highest BCUT2D eigenvalue weighted by Gasteiger charge is 2.25. The lowest BCUT2D eigenvalue weighted by molar-refractivity contribution is 0.0384. The van der Waals surface area contributed by atoms with Crippen LogP contribution >= 0.6 is 11.6 Å². The van der Waals surface area contributed by atoms with Crippen LogP contribution in [0.15, 0.2) is 36.5 Å². The first-order valence-electron chi connectivity index (χ1n) is 12.5. The Morgan fingerprint density at radius 3 is 2.74 bits per heavy atom. The van der Waals surface area contributed by atoms with Crippen molar-refractivity contribution in [1.82, 2.24) is 29.7 Å². The van der Waals surface area contributed by atoms with Gasteiger partial charge in [0.25, 0.3) is 0 Å². The molecule has 8 heteroatoms. The Balaban J connectivity index is 1.25. The summed E-state index contributed by atoms with van der Waals surface area (Å²) < 4.78 is 7.54. The molecule has 3 aromatic rings. The summed E-state index contributed by atoms with van der Waals surface area (Å²) in [5.41, 5.74) is 5.84. The average molecular weight is 483 g/mol. The predicted octanol–water partition coefficient (Wildman–Crippen LogP) is 3.49. The molecule has 1 atom stereocenters. The summed E-state index contributed by atoms with van der Waals surface area (Å²) in [6.07, 6.45) is 4.34. The van der Waals surface area contributed by atoms with Crippen molar-refractivity contribution in [1.29, 1.82) is 0 Å². The minimum absolute atomic E-state index is 0.452. The van der Waals surface area contributed by atoms with Gasteiger partial charge < -0.3 is 10.1 Å². The first kappa shape index (κ1) is 23.7. The molecule has 2 saturated heterocycles. The second-order valence-corrected chi connectivity index (χ2v) is 9.94. The molecule has 2 aliphatic heterocycles.